The van der Waals surface area contributed by atoms with Gasteiger partial charge in [0.15, 0.2) is 11.4 Å². The van der Waals surface area contributed by atoms with Crippen molar-refractivity contribution in [1.29, 1.82) is 0 Å². The van der Waals surface area contributed by atoms with Crippen LogP contribution in [0, 0.1) is 11.6 Å². The number of aromatic nitrogens is 2. The zero-order valence-electron chi connectivity index (χ0n) is 17.9. The summed E-state index contributed by atoms with van der Waals surface area (Å²) in [5.41, 5.74) is -0.212. The number of carbonyl (C=O) groups excluding carboxylic acids is 1. The van der Waals surface area contributed by atoms with Crippen LogP contribution in [-0.4, -0.2) is 44.8 Å². The van der Waals surface area contributed by atoms with Crippen molar-refractivity contribution in [2.75, 3.05) is 18.1 Å². The smallest absolute Gasteiger partial charge is 0.278 e. The van der Waals surface area contributed by atoms with Crippen LogP contribution in [0.25, 0.3) is 10.6 Å². The third-order valence-corrected chi connectivity index (χ3v) is 7.24. The molecule has 2 aromatic heterocycles. The first-order valence-corrected chi connectivity index (χ1v) is 11.7. The molecule has 0 radical (unpaired) electrons. The van der Waals surface area contributed by atoms with Crippen molar-refractivity contribution in [1.82, 2.24) is 14.6 Å². The number of benzene rings is 1. The molecule has 1 saturated heterocycles. The van der Waals surface area contributed by atoms with E-state index in [1.165, 1.54) is 29.7 Å². The van der Waals surface area contributed by atoms with Crippen LogP contribution in [0.15, 0.2) is 35.4 Å². The Morgan fingerprint density at radius 3 is 2.82 bits per heavy atom. The highest BCUT2D eigenvalue weighted by atomic mass is 32.1. The lowest BCUT2D eigenvalue weighted by Gasteiger charge is -2.48. The fraction of sp³-hybridized carbons (Fsp3) is 0.348. The van der Waals surface area contributed by atoms with Crippen LogP contribution < -0.4 is 10.4 Å². The second-order valence-electron chi connectivity index (χ2n) is 8.19. The Bertz CT molecular complexity index is 1310. The van der Waals surface area contributed by atoms with Crippen LogP contribution in [0.4, 0.5) is 8.78 Å². The van der Waals surface area contributed by atoms with Gasteiger partial charge in [-0.15, -0.1) is 11.3 Å². The van der Waals surface area contributed by atoms with E-state index in [4.69, 9.17) is 0 Å². The maximum absolute atomic E-state index is 14.0. The number of piperidine rings is 1. The molecule has 0 bridgehead atoms. The van der Waals surface area contributed by atoms with Gasteiger partial charge in [0.25, 0.3) is 5.91 Å². The van der Waals surface area contributed by atoms with E-state index in [1.807, 2.05) is 11.9 Å². The van der Waals surface area contributed by atoms with E-state index >= 15 is 0 Å². The Morgan fingerprint density at radius 1 is 1.24 bits per heavy atom. The summed E-state index contributed by atoms with van der Waals surface area (Å²) < 4.78 is 28.8. The van der Waals surface area contributed by atoms with Crippen molar-refractivity contribution in [3.05, 3.63) is 68.6 Å². The van der Waals surface area contributed by atoms with Gasteiger partial charge in [-0.3, -0.25) is 19.3 Å². The number of carbonyl (C=O) groups is 1. The van der Waals surface area contributed by atoms with Gasteiger partial charge in [0, 0.05) is 42.8 Å². The molecule has 0 spiro atoms. The lowest BCUT2D eigenvalue weighted by molar-refractivity contribution is 0.0536. The highest BCUT2D eigenvalue weighted by Crippen LogP contribution is 2.32. The second-order valence-corrected chi connectivity index (χ2v) is 9.30. The number of hydrogen-bond acceptors (Lipinski definition) is 6. The number of pyridine rings is 1. The molecule has 33 heavy (non-hydrogen) atoms. The summed E-state index contributed by atoms with van der Waals surface area (Å²) in [5.74, 6) is -2.26. The number of halogens is 2. The molecule has 1 aromatic carbocycles. The van der Waals surface area contributed by atoms with Gasteiger partial charge in [0.1, 0.15) is 22.8 Å². The van der Waals surface area contributed by atoms with Crippen LogP contribution in [-0.2, 0) is 6.42 Å². The summed E-state index contributed by atoms with van der Waals surface area (Å²) in [7, 11) is 0. The Hall–Kier alpha value is -3.27. The number of hydrogen-bond donors (Lipinski definition) is 1. The van der Waals surface area contributed by atoms with E-state index in [0.29, 0.717) is 28.5 Å². The average Bonchev–Trinajstić information content (AvgIpc) is 3.26. The lowest BCUT2D eigenvalue weighted by Crippen LogP contribution is -2.62. The van der Waals surface area contributed by atoms with E-state index < -0.39 is 22.8 Å². The van der Waals surface area contributed by atoms with Crippen molar-refractivity contribution < 1.29 is 18.7 Å². The van der Waals surface area contributed by atoms with Crippen LogP contribution in [0.3, 0.4) is 0 Å². The average molecular weight is 473 g/mol. The summed E-state index contributed by atoms with van der Waals surface area (Å²) in [6, 6.07) is 3.40. The molecule has 2 aliphatic heterocycles. The van der Waals surface area contributed by atoms with E-state index in [-0.39, 0.29) is 29.8 Å². The molecule has 3 aromatic rings. The molecule has 0 unspecified atom stereocenters. The summed E-state index contributed by atoms with van der Waals surface area (Å²) in [6.07, 6.45) is 5.92. The molecule has 5 rings (SSSR count). The zero-order chi connectivity index (χ0) is 23.3. The summed E-state index contributed by atoms with van der Waals surface area (Å²) in [6.45, 7) is 3.05. The first kappa shape index (κ1) is 21.6. The Labute approximate surface area is 192 Å². The number of thiazole rings is 1. The quantitative estimate of drug-likeness (QED) is 0.629. The summed E-state index contributed by atoms with van der Waals surface area (Å²) >= 11 is 1.19. The van der Waals surface area contributed by atoms with Gasteiger partial charge in [-0.05, 0) is 37.8 Å². The highest BCUT2D eigenvalue weighted by Gasteiger charge is 2.40. The van der Waals surface area contributed by atoms with Crippen LogP contribution in [0.2, 0.25) is 0 Å². The zero-order valence-corrected chi connectivity index (χ0v) is 18.7. The number of rotatable bonds is 4. The van der Waals surface area contributed by atoms with Crippen molar-refractivity contribution in [2.24, 2.45) is 0 Å². The predicted molar refractivity (Wildman–Crippen MR) is 120 cm³/mol. The molecule has 10 heteroatoms. The Balaban J connectivity index is 1.55. The van der Waals surface area contributed by atoms with Crippen LogP contribution >= 0.6 is 11.3 Å². The minimum absolute atomic E-state index is 0.0334. The van der Waals surface area contributed by atoms with Crippen LogP contribution in [0.1, 0.15) is 47.1 Å². The minimum atomic E-state index is -0.671. The van der Waals surface area contributed by atoms with Gasteiger partial charge < -0.3 is 10.0 Å². The molecule has 0 aliphatic carbocycles. The number of fused-ring (bicyclic) bond motifs is 3. The van der Waals surface area contributed by atoms with Gasteiger partial charge in [0.05, 0.1) is 5.56 Å². The lowest BCUT2D eigenvalue weighted by atomic mass is 10.1. The van der Waals surface area contributed by atoms with E-state index in [1.54, 1.807) is 15.8 Å². The third kappa shape index (κ3) is 3.58. The van der Waals surface area contributed by atoms with E-state index in [2.05, 4.69) is 4.98 Å². The fourth-order valence-corrected chi connectivity index (χ4v) is 5.54. The Morgan fingerprint density at radius 2 is 2.06 bits per heavy atom. The van der Waals surface area contributed by atoms with Crippen molar-refractivity contribution in [2.45, 2.75) is 38.8 Å². The standard InChI is InChI=1S/C23H22F2N4O3S/c1-2-27-18-5-3-4-8-28(18)29-12-16(20(30)21(31)19(29)23(27)32)22-26-11-15(33-22)9-13-6-7-14(24)10-17(13)25/h6-7,10-12,18,31H,2-5,8-9H2,1H3/t18-/m1/s1. The molecular weight excluding hydrogens is 450 g/mol. The molecule has 1 N–H and O–H groups in total. The minimum Gasteiger partial charge on any atom is -0.502 e. The van der Waals surface area contributed by atoms with E-state index in [0.717, 1.165) is 25.3 Å². The fourth-order valence-electron chi connectivity index (χ4n) is 4.60. The van der Waals surface area contributed by atoms with E-state index in [9.17, 15) is 23.5 Å². The molecule has 1 amide bonds. The highest BCUT2D eigenvalue weighted by molar-refractivity contribution is 7.15. The van der Waals surface area contributed by atoms with Crippen molar-refractivity contribution >= 4 is 17.2 Å². The Kier molecular flexibility index (Phi) is 5.40. The van der Waals surface area contributed by atoms with Crippen molar-refractivity contribution in [3.63, 3.8) is 0 Å². The monoisotopic (exact) mass is 472 g/mol. The molecule has 0 saturated carbocycles. The SMILES string of the molecule is CCN1C(=O)c2c(O)c(=O)c(-c3ncc(Cc4ccc(F)cc4F)s3)cn2N2CCCC[C@H]12. The van der Waals surface area contributed by atoms with Crippen LogP contribution in [0.5, 0.6) is 5.75 Å². The number of aromatic hydroxyl groups is 1. The molecule has 2 aliphatic rings. The van der Waals surface area contributed by atoms with Gasteiger partial charge >= 0.3 is 0 Å². The molecule has 172 valence electrons. The molecule has 7 nitrogen and oxygen atoms in total. The molecule has 1 fully saturated rings. The maximum Gasteiger partial charge on any atom is 0.278 e. The van der Waals surface area contributed by atoms with Gasteiger partial charge in [-0.1, -0.05) is 6.07 Å². The largest absolute Gasteiger partial charge is 0.502 e. The topological polar surface area (TPSA) is 78.7 Å². The molecule has 1 atom stereocenters. The maximum atomic E-state index is 14.0. The van der Waals surface area contributed by atoms with Crippen molar-refractivity contribution in [3.8, 4) is 16.3 Å². The summed E-state index contributed by atoms with van der Waals surface area (Å²) in [5, 5.41) is 13.1. The third-order valence-electron chi connectivity index (χ3n) is 6.21. The summed E-state index contributed by atoms with van der Waals surface area (Å²) in [4.78, 5) is 32.8. The van der Waals surface area contributed by atoms with Gasteiger partial charge in [0.2, 0.25) is 5.43 Å². The predicted octanol–water partition coefficient (Wildman–Crippen LogP) is 3.47. The first-order chi connectivity index (χ1) is 15.9. The molecule has 4 heterocycles. The number of amides is 1. The normalized spacial score (nSPS) is 17.8. The molecular formula is C23H22F2N4O3S. The van der Waals surface area contributed by atoms with Gasteiger partial charge in [-0.25, -0.2) is 13.8 Å². The second kappa shape index (κ2) is 8.26. The first-order valence-electron chi connectivity index (χ1n) is 10.8. The number of nitrogens with zero attached hydrogens (tertiary/aromatic N) is 4. The van der Waals surface area contributed by atoms with Gasteiger partial charge in [-0.2, -0.15) is 0 Å².